The Labute approximate surface area is 129 Å². The molecule has 0 radical (unpaired) electrons. The molecule has 2 nitrogen and oxygen atoms in total. The maximum Gasteiger partial charge on any atom is 0.127 e. The lowest BCUT2D eigenvalue weighted by atomic mass is 9.97. The van der Waals surface area contributed by atoms with Crippen LogP contribution in [0.5, 0.6) is 5.75 Å². The van der Waals surface area contributed by atoms with E-state index in [0.717, 1.165) is 36.3 Å². The van der Waals surface area contributed by atoms with Gasteiger partial charge >= 0.3 is 0 Å². The Morgan fingerprint density at radius 1 is 1.20 bits per heavy atom. The highest BCUT2D eigenvalue weighted by atomic mass is 79.9. The largest absolute Gasteiger partial charge is 0.493 e. The zero-order chi connectivity index (χ0) is 13.8. The van der Waals surface area contributed by atoms with Crippen LogP contribution in [0.25, 0.3) is 0 Å². The van der Waals surface area contributed by atoms with E-state index in [0.29, 0.717) is 0 Å². The number of nitrogens with one attached hydrogen (secondary N) is 1. The van der Waals surface area contributed by atoms with Crippen LogP contribution in [0.3, 0.4) is 0 Å². The molecule has 1 aliphatic carbocycles. The molecule has 0 bridgehead atoms. The zero-order valence-corrected chi connectivity index (χ0v) is 13.5. The van der Waals surface area contributed by atoms with Crippen molar-refractivity contribution in [1.29, 1.82) is 0 Å². The number of hydrogen-bond donors (Lipinski definition) is 1. The second-order valence-corrected chi connectivity index (χ2v) is 6.60. The summed E-state index contributed by atoms with van der Waals surface area (Å²) in [5.74, 6) is 1.11. The van der Waals surface area contributed by atoms with Crippen LogP contribution in [0.15, 0.2) is 28.3 Å². The summed E-state index contributed by atoms with van der Waals surface area (Å²) in [6.45, 7) is 2.79. The summed E-state index contributed by atoms with van der Waals surface area (Å²) < 4.78 is 6.92. The number of rotatable bonds is 5. The van der Waals surface area contributed by atoms with Crippen LogP contribution in [0.1, 0.15) is 43.2 Å². The summed E-state index contributed by atoms with van der Waals surface area (Å²) in [6.07, 6.45) is 9.99. The Hall–Kier alpha value is -0.800. The van der Waals surface area contributed by atoms with Gasteiger partial charge in [-0.05, 0) is 56.3 Å². The SMILES string of the molecule is Brc1cc2c(c(CNCCC3=CCCCC3)c1)OCC2. The van der Waals surface area contributed by atoms with Crippen molar-refractivity contribution in [2.45, 2.75) is 45.1 Å². The van der Waals surface area contributed by atoms with Gasteiger partial charge in [0.25, 0.3) is 0 Å². The predicted molar refractivity (Wildman–Crippen MR) is 86.2 cm³/mol. The number of benzene rings is 1. The lowest BCUT2D eigenvalue weighted by Crippen LogP contribution is -2.16. The number of allylic oxidation sites excluding steroid dienone is 1. The minimum absolute atomic E-state index is 0.825. The van der Waals surface area contributed by atoms with Gasteiger partial charge in [0.05, 0.1) is 6.61 Å². The third-order valence-electron chi connectivity index (χ3n) is 4.15. The van der Waals surface area contributed by atoms with Gasteiger partial charge in [0.1, 0.15) is 5.75 Å². The molecule has 108 valence electrons. The molecule has 1 aromatic rings. The van der Waals surface area contributed by atoms with Gasteiger partial charge in [-0.3, -0.25) is 0 Å². The van der Waals surface area contributed by atoms with Gasteiger partial charge in [0.15, 0.2) is 0 Å². The van der Waals surface area contributed by atoms with Crippen LogP contribution >= 0.6 is 15.9 Å². The average Bonchev–Trinajstić information content (AvgIpc) is 2.92. The van der Waals surface area contributed by atoms with Crippen LogP contribution in [0, 0.1) is 0 Å². The Balaban J connectivity index is 1.52. The van der Waals surface area contributed by atoms with Gasteiger partial charge in [-0.25, -0.2) is 0 Å². The highest BCUT2D eigenvalue weighted by molar-refractivity contribution is 9.10. The summed E-state index contributed by atoms with van der Waals surface area (Å²) in [6, 6.07) is 4.36. The minimum atomic E-state index is 0.825. The molecule has 0 aromatic heterocycles. The van der Waals surface area contributed by atoms with Gasteiger partial charge in [0.2, 0.25) is 0 Å². The van der Waals surface area contributed by atoms with Crippen molar-refractivity contribution in [2.75, 3.05) is 13.2 Å². The second-order valence-electron chi connectivity index (χ2n) is 5.69. The summed E-state index contributed by atoms with van der Waals surface area (Å²) >= 11 is 3.59. The summed E-state index contributed by atoms with van der Waals surface area (Å²) in [5, 5.41) is 3.56. The number of fused-ring (bicyclic) bond motifs is 1. The predicted octanol–water partition coefficient (Wildman–Crippen LogP) is 4.36. The first-order valence-corrected chi connectivity index (χ1v) is 8.45. The van der Waals surface area contributed by atoms with E-state index in [1.54, 1.807) is 5.57 Å². The van der Waals surface area contributed by atoms with Gasteiger partial charge in [0, 0.05) is 23.0 Å². The summed E-state index contributed by atoms with van der Waals surface area (Å²) in [7, 11) is 0. The molecule has 1 N–H and O–H groups in total. The molecule has 0 saturated carbocycles. The quantitative estimate of drug-likeness (QED) is 0.637. The van der Waals surface area contributed by atoms with E-state index < -0.39 is 0 Å². The highest BCUT2D eigenvalue weighted by Gasteiger charge is 2.17. The molecule has 1 heterocycles. The normalized spacial score (nSPS) is 17.6. The van der Waals surface area contributed by atoms with E-state index in [2.05, 4.69) is 39.5 Å². The van der Waals surface area contributed by atoms with Gasteiger partial charge in [-0.15, -0.1) is 0 Å². The molecule has 3 rings (SSSR count). The topological polar surface area (TPSA) is 21.3 Å². The molecule has 3 heteroatoms. The van der Waals surface area contributed by atoms with E-state index in [1.165, 1.54) is 43.2 Å². The Morgan fingerprint density at radius 3 is 3.00 bits per heavy atom. The van der Waals surface area contributed by atoms with Crippen molar-refractivity contribution >= 4 is 15.9 Å². The molecule has 2 aliphatic rings. The zero-order valence-electron chi connectivity index (χ0n) is 11.9. The lowest BCUT2D eigenvalue weighted by molar-refractivity contribution is 0.352. The minimum Gasteiger partial charge on any atom is -0.493 e. The second kappa shape index (κ2) is 6.77. The Bertz CT molecular complexity index is 510. The van der Waals surface area contributed by atoms with Crippen LogP contribution in [0.2, 0.25) is 0 Å². The first-order chi connectivity index (χ1) is 9.83. The molecule has 0 spiro atoms. The van der Waals surface area contributed by atoms with Gasteiger partial charge < -0.3 is 10.1 Å². The molecule has 0 atom stereocenters. The maximum atomic E-state index is 5.76. The molecule has 0 amide bonds. The van der Waals surface area contributed by atoms with Crippen molar-refractivity contribution in [3.05, 3.63) is 39.4 Å². The first-order valence-electron chi connectivity index (χ1n) is 7.65. The van der Waals surface area contributed by atoms with E-state index in [4.69, 9.17) is 4.74 Å². The number of hydrogen-bond acceptors (Lipinski definition) is 2. The van der Waals surface area contributed by atoms with E-state index >= 15 is 0 Å². The van der Waals surface area contributed by atoms with Gasteiger partial charge in [-0.1, -0.05) is 27.6 Å². The molecular formula is C17H22BrNO. The maximum absolute atomic E-state index is 5.76. The molecule has 0 saturated heterocycles. The fraction of sp³-hybridized carbons (Fsp3) is 0.529. The van der Waals surface area contributed by atoms with Crippen molar-refractivity contribution in [3.8, 4) is 5.75 Å². The molecular weight excluding hydrogens is 314 g/mol. The molecule has 1 aromatic carbocycles. The van der Waals surface area contributed by atoms with Crippen molar-refractivity contribution in [1.82, 2.24) is 5.32 Å². The number of halogens is 1. The highest BCUT2D eigenvalue weighted by Crippen LogP contribution is 2.32. The molecule has 0 fully saturated rings. The van der Waals surface area contributed by atoms with Gasteiger partial charge in [-0.2, -0.15) is 0 Å². The van der Waals surface area contributed by atoms with Crippen LogP contribution in [0.4, 0.5) is 0 Å². The Kier molecular flexibility index (Phi) is 4.79. The third-order valence-corrected chi connectivity index (χ3v) is 4.61. The number of ether oxygens (including phenoxy) is 1. The first kappa shape index (κ1) is 14.2. The smallest absolute Gasteiger partial charge is 0.127 e. The van der Waals surface area contributed by atoms with Crippen molar-refractivity contribution in [2.24, 2.45) is 0 Å². The third kappa shape index (κ3) is 3.44. The van der Waals surface area contributed by atoms with E-state index in [1.807, 2.05) is 0 Å². The van der Waals surface area contributed by atoms with Crippen LogP contribution < -0.4 is 10.1 Å². The van der Waals surface area contributed by atoms with Crippen LogP contribution in [-0.2, 0) is 13.0 Å². The van der Waals surface area contributed by atoms with Crippen molar-refractivity contribution in [3.63, 3.8) is 0 Å². The molecule has 20 heavy (non-hydrogen) atoms. The average molecular weight is 336 g/mol. The van der Waals surface area contributed by atoms with E-state index in [9.17, 15) is 0 Å². The van der Waals surface area contributed by atoms with Crippen molar-refractivity contribution < 1.29 is 4.74 Å². The summed E-state index contributed by atoms with van der Waals surface area (Å²) in [5.41, 5.74) is 4.26. The summed E-state index contributed by atoms with van der Waals surface area (Å²) in [4.78, 5) is 0. The fourth-order valence-electron chi connectivity index (χ4n) is 3.08. The molecule has 1 aliphatic heterocycles. The Morgan fingerprint density at radius 2 is 2.15 bits per heavy atom. The van der Waals surface area contributed by atoms with Crippen LogP contribution in [-0.4, -0.2) is 13.2 Å². The molecule has 0 unspecified atom stereocenters. The standard InChI is InChI=1S/C17H22BrNO/c18-16-10-14-7-9-20-17(14)15(11-16)12-19-8-6-13-4-2-1-3-5-13/h4,10-11,19H,1-3,5-9,12H2. The van der Waals surface area contributed by atoms with E-state index in [-0.39, 0.29) is 0 Å². The lowest BCUT2D eigenvalue weighted by Gasteiger charge is -2.14. The monoisotopic (exact) mass is 335 g/mol. The fourth-order valence-corrected chi connectivity index (χ4v) is 3.63.